The molecule has 0 unspecified atom stereocenters. The van der Waals surface area contributed by atoms with Crippen molar-refractivity contribution >= 4 is 17.3 Å². The molecule has 3 heterocycles. The fourth-order valence-electron chi connectivity index (χ4n) is 5.54. The third-order valence-corrected chi connectivity index (χ3v) is 7.37. The van der Waals surface area contributed by atoms with Crippen LogP contribution in [0.1, 0.15) is 57.1 Å². The van der Waals surface area contributed by atoms with E-state index in [0.717, 1.165) is 48.1 Å². The number of hydrogen-bond acceptors (Lipinski definition) is 6. The maximum atomic E-state index is 13.8. The molecule has 36 heavy (non-hydrogen) atoms. The summed E-state index contributed by atoms with van der Waals surface area (Å²) in [4.78, 5) is 9.44. The number of benzene rings is 1. The van der Waals surface area contributed by atoms with Gasteiger partial charge >= 0.3 is 0 Å². The highest BCUT2D eigenvalue weighted by Crippen LogP contribution is 2.37. The van der Waals surface area contributed by atoms with E-state index in [-0.39, 0.29) is 12.4 Å². The van der Waals surface area contributed by atoms with E-state index >= 15 is 0 Å². The van der Waals surface area contributed by atoms with Crippen molar-refractivity contribution in [2.75, 3.05) is 10.6 Å². The van der Waals surface area contributed by atoms with Gasteiger partial charge in [-0.05, 0) is 68.1 Å². The average Bonchev–Trinajstić information content (AvgIpc) is 3.66. The van der Waals surface area contributed by atoms with E-state index in [2.05, 4.69) is 15.6 Å². The molecule has 0 aliphatic heterocycles. The third-order valence-electron chi connectivity index (χ3n) is 7.37. The number of pyridine rings is 1. The van der Waals surface area contributed by atoms with Crippen LogP contribution in [0, 0.1) is 5.82 Å². The van der Waals surface area contributed by atoms with Crippen LogP contribution in [0.5, 0.6) is 0 Å². The Morgan fingerprint density at radius 2 is 1.58 bits per heavy atom. The van der Waals surface area contributed by atoms with Gasteiger partial charge in [-0.1, -0.05) is 31.7 Å². The minimum absolute atomic E-state index is 0.186. The Morgan fingerprint density at radius 3 is 2.28 bits per heavy atom. The Kier molecular flexibility index (Phi) is 6.27. The fourth-order valence-corrected chi connectivity index (χ4v) is 5.54. The van der Waals surface area contributed by atoms with E-state index in [1.165, 1.54) is 37.8 Å². The first-order chi connectivity index (χ1) is 17.7. The van der Waals surface area contributed by atoms with E-state index in [9.17, 15) is 9.50 Å². The molecule has 2 saturated carbocycles. The second kappa shape index (κ2) is 9.85. The van der Waals surface area contributed by atoms with E-state index in [1.54, 1.807) is 12.1 Å². The number of aliphatic hydroxyl groups is 1. The van der Waals surface area contributed by atoms with Gasteiger partial charge in [-0.2, -0.15) is 5.10 Å². The molecule has 6 rings (SSSR count). The number of nitrogens with one attached hydrogen (secondary N) is 2. The van der Waals surface area contributed by atoms with Crippen LogP contribution < -0.4 is 10.6 Å². The standard InChI is InChI=1S/C28H31FN6O/c29-19-14-12-18(13-15-19)27-26(23-16-22(17-36)32-28(33-23)31-21-8-3-4-9-21)24-10-5-11-25(35(24)34-27)30-20-6-1-2-7-20/h5,10-16,20-21,30,36H,1-4,6-9,17H2,(H,31,32,33). The summed E-state index contributed by atoms with van der Waals surface area (Å²) in [5.41, 5.74) is 4.48. The van der Waals surface area contributed by atoms with Crippen molar-refractivity contribution in [1.82, 2.24) is 19.6 Å². The number of anilines is 2. The van der Waals surface area contributed by atoms with Crippen molar-refractivity contribution in [2.45, 2.75) is 70.1 Å². The molecule has 0 atom stereocenters. The molecule has 186 valence electrons. The van der Waals surface area contributed by atoms with Gasteiger partial charge in [-0.25, -0.2) is 18.9 Å². The van der Waals surface area contributed by atoms with Crippen LogP contribution in [-0.2, 0) is 6.61 Å². The van der Waals surface area contributed by atoms with E-state index in [4.69, 9.17) is 10.1 Å². The number of rotatable bonds is 7. The minimum atomic E-state index is -0.291. The molecule has 8 heteroatoms. The van der Waals surface area contributed by atoms with Crippen molar-refractivity contribution in [3.8, 4) is 22.5 Å². The molecule has 2 fully saturated rings. The van der Waals surface area contributed by atoms with Gasteiger partial charge in [-0.3, -0.25) is 0 Å². The molecular weight excluding hydrogens is 455 g/mol. The zero-order valence-electron chi connectivity index (χ0n) is 20.3. The Hall–Kier alpha value is -3.52. The van der Waals surface area contributed by atoms with Gasteiger partial charge in [0, 0.05) is 17.6 Å². The topological polar surface area (TPSA) is 87.4 Å². The number of aromatic nitrogens is 4. The van der Waals surface area contributed by atoms with Gasteiger partial charge in [0.05, 0.1) is 29.1 Å². The van der Waals surface area contributed by atoms with Crippen LogP contribution in [0.2, 0.25) is 0 Å². The van der Waals surface area contributed by atoms with Gasteiger partial charge in [0.15, 0.2) is 0 Å². The SMILES string of the molecule is OCc1cc(-c2c(-c3ccc(F)cc3)nn3c(NC4CCCC4)cccc23)nc(NC2CCCC2)n1. The average molecular weight is 487 g/mol. The Balaban J connectivity index is 1.51. The minimum Gasteiger partial charge on any atom is -0.390 e. The predicted molar refractivity (Wildman–Crippen MR) is 139 cm³/mol. The molecule has 0 radical (unpaired) electrons. The summed E-state index contributed by atoms with van der Waals surface area (Å²) in [6, 6.07) is 15.1. The zero-order chi connectivity index (χ0) is 24.5. The number of aliphatic hydroxyl groups excluding tert-OH is 1. The molecule has 3 N–H and O–H groups in total. The van der Waals surface area contributed by atoms with E-state index in [1.807, 2.05) is 28.8 Å². The molecule has 2 aliphatic rings. The van der Waals surface area contributed by atoms with Crippen molar-refractivity contribution in [1.29, 1.82) is 0 Å². The number of hydrogen-bond donors (Lipinski definition) is 3. The first-order valence-corrected chi connectivity index (χ1v) is 13.0. The summed E-state index contributed by atoms with van der Waals surface area (Å²) >= 11 is 0. The summed E-state index contributed by atoms with van der Waals surface area (Å²) in [6.07, 6.45) is 9.36. The highest BCUT2D eigenvalue weighted by molar-refractivity contribution is 5.91. The molecule has 0 amide bonds. The number of fused-ring (bicyclic) bond motifs is 1. The molecule has 0 spiro atoms. The number of nitrogens with zero attached hydrogens (tertiary/aromatic N) is 4. The fraction of sp³-hybridized carbons (Fsp3) is 0.393. The first kappa shape index (κ1) is 22.9. The smallest absolute Gasteiger partial charge is 0.223 e. The van der Waals surface area contributed by atoms with Crippen LogP contribution in [0.15, 0.2) is 48.5 Å². The largest absolute Gasteiger partial charge is 0.390 e. The summed E-state index contributed by atoms with van der Waals surface area (Å²) < 4.78 is 15.7. The third kappa shape index (κ3) is 4.53. The highest BCUT2D eigenvalue weighted by Gasteiger charge is 2.23. The maximum Gasteiger partial charge on any atom is 0.223 e. The molecule has 4 aromatic rings. The van der Waals surface area contributed by atoms with Crippen molar-refractivity contribution in [2.24, 2.45) is 0 Å². The molecule has 7 nitrogen and oxygen atoms in total. The number of halogens is 1. The predicted octanol–water partition coefficient (Wildman–Crippen LogP) is 5.80. The lowest BCUT2D eigenvalue weighted by Gasteiger charge is -2.15. The van der Waals surface area contributed by atoms with Gasteiger partial charge in [-0.15, -0.1) is 0 Å². The summed E-state index contributed by atoms with van der Waals surface area (Å²) in [6.45, 7) is -0.186. The summed E-state index contributed by atoms with van der Waals surface area (Å²) in [5, 5.41) is 22.1. The molecule has 0 bridgehead atoms. The zero-order valence-corrected chi connectivity index (χ0v) is 20.3. The monoisotopic (exact) mass is 486 g/mol. The lowest BCUT2D eigenvalue weighted by atomic mass is 10.0. The van der Waals surface area contributed by atoms with Crippen LogP contribution in [0.3, 0.4) is 0 Å². The van der Waals surface area contributed by atoms with E-state index in [0.29, 0.717) is 35.1 Å². The van der Waals surface area contributed by atoms with Crippen LogP contribution in [0.25, 0.3) is 28.0 Å². The molecule has 1 aromatic carbocycles. The van der Waals surface area contributed by atoms with Gasteiger partial charge < -0.3 is 15.7 Å². The Morgan fingerprint density at radius 1 is 0.889 bits per heavy atom. The molecule has 2 aliphatic carbocycles. The van der Waals surface area contributed by atoms with Crippen molar-refractivity contribution < 1.29 is 9.50 Å². The van der Waals surface area contributed by atoms with Gasteiger partial charge in [0.25, 0.3) is 0 Å². The normalized spacial score (nSPS) is 16.7. The summed E-state index contributed by atoms with van der Waals surface area (Å²) in [5.74, 6) is 1.16. The van der Waals surface area contributed by atoms with Crippen LogP contribution >= 0.6 is 0 Å². The van der Waals surface area contributed by atoms with Crippen LogP contribution in [0.4, 0.5) is 16.2 Å². The van der Waals surface area contributed by atoms with Gasteiger partial charge in [0.2, 0.25) is 5.95 Å². The summed E-state index contributed by atoms with van der Waals surface area (Å²) in [7, 11) is 0. The molecular formula is C28H31FN6O. The molecule has 3 aromatic heterocycles. The second-order valence-corrected chi connectivity index (χ2v) is 9.92. The quantitative estimate of drug-likeness (QED) is 0.306. The Labute approximate surface area is 209 Å². The van der Waals surface area contributed by atoms with Gasteiger partial charge in [0.1, 0.15) is 17.3 Å². The highest BCUT2D eigenvalue weighted by atomic mass is 19.1. The van der Waals surface area contributed by atoms with Crippen molar-refractivity contribution in [3.05, 3.63) is 60.0 Å². The maximum absolute atomic E-state index is 13.8. The molecule has 0 saturated heterocycles. The van der Waals surface area contributed by atoms with Crippen molar-refractivity contribution in [3.63, 3.8) is 0 Å². The first-order valence-electron chi connectivity index (χ1n) is 13.0. The second-order valence-electron chi connectivity index (χ2n) is 9.92. The Bertz CT molecular complexity index is 1360. The lowest BCUT2D eigenvalue weighted by molar-refractivity contribution is 0.277. The van der Waals surface area contributed by atoms with Crippen LogP contribution in [-0.4, -0.2) is 36.8 Å². The van der Waals surface area contributed by atoms with E-state index < -0.39 is 0 Å². The lowest BCUT2D eigenvalue weighted by Crippen LogP contribution is -2.17.